The van der Waals surface area contributed by atoms with Crippen LogP contribution in [-0.4, -0.2) is 41.9 Å². The molecule has 2 fully saturated rings. The summed E-state index contributed by atoms with van der Waals surface area (Å²) in [5.74, 6) is -2.10. The van der Waals surface area contributed by atoms with Crippen molar-refractivity contribution in [1.29, 1.82) is 0 Å². The third-order valence-corrected chi connectivity index (χ3v) is 6.81. The molecule has 0 aromatic heterocycles. The van der Waals surface area contributed by atoms with Gasteiger partial charge in [-0.2, -0.15) is 0 Å². The van der Waals surface area contributed by atoms with Gasteiger partial charge in [0.1, 0.15) is 11.4 Å². The van der Waals surface area contributed by atoms with Crippen LogP contribution in [0.15, 0.2) is 42.5 Å². The van der Waals surface area contributed by atoms with Crippen molar-refractivity contribution in [2.75, 3.05) is 23.8 Å². The van der Waals surface area contributed by atoms with Crippen molar-refractivity contribution in [3.05, 3.63) is 59.4 Å². The van der Waals surface area contributed by atoms with Crippen molar-refractivity contribution in [1.82, 2.24) is 4.90 Å². The maximum atomic E-state index is 14.2. The van der Waals surface area contributed by atoms with E-state index >= 15 is 0 Å². The molecule has 0 bridgehead atoms. The summed E-state index contributed by atoms with van der Waals surface area (Å²) < 4.78 is 19.2. The van der Waals surface area contributed by atoms with Crippen LogP contribution in [0.5, 0.6) is 0 Å². The van der Waals surface area contributed by atoms with Gasteiger partial charge in [-0.1, -0.05) is 0 Å². The molecule has 2 aromatic rings. The molecule has 8 heteroatoms. The molecule has 0 saturated carbocycles. The molecule has 0 unspecified atom stereocenters. The quantitative estimate of drug-likeness (QED) is 0.717. The number of ether oxygens (including phenoxy) is 1. The zero-order valence-electron chi connectivity index (χ0n) is 17.7. The highest BCUT2D eigenvalue weighted by molar-refractivity contribution is 6.10. The minimum atomic E-state index is -1.21. The fourth-order valence-electron chi connectivity index (χ4n) is 5.53. The molecule has 2 amide bonds. The van der Waals surface area contributed by atoms with E-state index in [9.17, 15) is 18.8 Å². The van der Waals surface area contributed by atoms with Crippen molar-refractivity contribution in [2.24, 2.45) is 5.92 Å². The number of anilines is 2. The number of hydrogen-bond acceptors (Lipinski definition) is 5. The van der Waals surface area contributed by atoms with Crippen LogP contribution in [0.25, 0.3) is 0 Å². The molecule has 7 nitrogen and oxygen atoms in total. The predicted octanol–water partition coefficient (Wildman–Crippen LogP) is 3.27. The summed E-state index contributed by atoms with van der Waals surface area (Å²) in [6, 6.07) is 10.8. The summed E-state index contributed by atoms with van der Waals surface area (Å²) >= 11 is 0. The number of rotatable bonds is 4. The fraction of sp³-hybridized carbons (Fsp3) is 0.375. The van der Waals surface area contributed by atoms with Crippen LogP contribution in [0.1, 0.15) is 42.1 Å². The predicted molar refractivity (Wildman–Crippen MR) is 116 cm³/mol. The Kier molecular flexibility index (Phi) is 4.97. The van der Waals surface area contributed by atoms with Gasteiger partial charge in [0, 0.05) is 23.0 Å². The highest BCUT2D eigenvalue weighted by Crippen LogP contribution is 2.55. The van der Waals surface area contributed by atoms with Crippen molar-refractivity contribution in [3.8, 4) is 0 Å². The summed E-state index contributed by atoms with van der Waals surface area (Å²) in [6.45, 7) is 2.70. The van der Waals surface area contributed by atoms with E-state index in [1.54, 1.807) is 37.3 Å². The Balaban J connectivity index is 1.47. The van der Waals surface area contributed by atoms with Gasteiger partial charge in [0.2, 0.25) is 11.8 Å². The minimum absolute atomic E-state index is 0.0944. The van der Waals surface area contributed by atoms with E-state index in [1.165, 1.54) is 12.1 Å². The number of fused-ring (bicyclic) bond motifs is 4. The Labute approximate surface area is 184 Å². The number of esters is 1. The smallest absolute Gasteiger partial charge is 0.338 e. The first kappa shape index (κ1) is 20.6. The lowest BCUT2D eigenvalue weighted by molar-refractivity contribution is -0.135. The summed E-state index contributed by atoms with van der Waals surface area (Å²) in [4.78, 5) is 40.8. The standard InChI is InChI=1S/C24H24FN3O4/c1-2-32-22(30)14-5-8-16(9-6-14)26-21(29)19-13-17-4-3-11-28(17)24(19)18-12-15(25)7-10-20(18)27-23(24)31/h5-10,12,17,19H,2-4,11,13H2,1H3,(H,26,29)(H,27,31)/t17-,19+,24-/m1/s1. The Bertz CT molecular complexity index is 1100. The third kappa shape index (κ3) is 3.01. The molecule has 3 aliphatic heterocycles. The van der Waals surface area contributed by atoms with Gasteiger partial charge >= 0.3 is 5.97 Å². The maximum Gasteiger partial charge on any atom is 0.338 e. The topological polar surface area (TPSA) is 87.7 Å². The second-order valence-electron chi connectivity index (χ2n) is 8.48. The number of nitrogens with zero attached hydrogens (tertiary/aromatic N) is 1. The first-order chi connectivity index (χ1) is 15.4. The molecule has 5 rings (SSSR count). The molecule has 0 aliphatic carbocycles. The number of carbonyl (C=O) groups is 3. The van der Waals surface area contributed by atoms with Gasteiger partial charge < -0.3 is 15.4 Å². The SMILES string of the molecule is CCOC(=O)c1ccc(NC(=O)[C@@H]2C[C@H]3CCCN3[C@@]23C(=O)Nc2ccc(F)cc23)cc1. The first-order valence-corrected chi connectivity index (χ1v) is 10.9. The largest absolute Gasteiger partial charge is 0.462 e. The van der Waals surface area contributed by atoms with Crippen LogP contribution in [0.3, 0.4) is 0 Å². The van der Waals surface area contributed by atoms with Gasteiger partial charge in [-0.15, -0.1) is 0 Å². The van der Waals surface area contributed by atoms with Gasteiger partial charge in [0.05, 0.1) is 18.1 Å². The van der Waals surface area contributed by atoms with Crippen molar-refractivity contribution < 1.29 is 23.5 Å². The molecule has 2 aromatic carbocycles. The van der Waals surface area contributed by atoms with E-state index in [0.29, 0.717) is 35.5 Å². The molecular formula is C24H24FN3O4. The average molecular weight is 437 g/mol. The number of hydrogen-bond donors (Lipinski definition) is 2. The lowest BCUT2D eigenvalue weighted by Gasteiger charge is -2.36. The van der Waals surface area contributed by atoms with Gasteiger partial charge in [-0.05, 0) is 75.2 Å². The summed E-state index contributed by atoms with van der Waals surface area (Å²) in [6.07, 6.45) is 2.36. The minimum Gasteiger partial charge on any atom is -0.462 e. The van der Waals surface area contributed by atoms with Crippen LogP contribution < -0.4 is 10.6 Å². The molecular weight excluding hydrogens is 413 g/mol. The van der Waals surface area contributed by atoms with Gasteiger partial charge in [0.15, 0.2) is 0 Å². The van der Waals surface area contributed by atoms with Gasteiger partial charge in [-0.25, -0.2) is 9.18 Å². The molecule has 3 aliphatic rings. The van der Waals surface area contributed by atoms with Crippen molar-refractivity contribution in [2.45, 2.75) is 37.8 Å². The normalized spacial score (nSPS) is 26.0. The highest BCUT2D eigenvalue weighted by atomic mass is 19.1. The second-order valence-corrected chi connectivity index (χ2v) is 8.48. The highest BCUT2D eigenvalue weighted by Gasteiger charge is 2.65. The molecule has 1 spiro atoms. The monoisotopic (exact) mass is 437 g/mol. The molecule has 2 N–H and O–H groups in total. The summed E-state index contributed by atoms with van der Waals surface area (Å²) in [7, 11) is 0. The molecule has 3 atom stereocenters. The zero-order chi connectivity index (χ0) is 22.5. The Morgan fingerprint density at radius 1 is 1.25 bits per heavy atom. The molecule has 166 valence electrons. The Morgan fingerprint density at radius 3 is 2.78 bits per heavy atom. The Morgan fingerprint density at radius 2 is 2.03 bits per heavy atom. The van der Waals surface area contributed by atoms with Crippen LogP contribution in [0.4, 0.5) is 15.8 Å². The number of benzene rings is 2. The van der Waals surface area contributed by atoms with Crippen LogP contribution in [0, 0.1) is 11.7 Å². The van der Waals surface area contributed by atoms with E-state index in [4.69, 9.17) is 4.74 Å². The fourth-order valence-corrected chi connectivity index (χ4v) is 5.53. The van der Waals surface area contributed by atoms with Crippen molar-refractivity contribution in [3.63, 3.8) is 0 Å². The number of halogens is 1. The molecule has 0 radical (unpaired) electrons. The maximum absolute atomic E-state index is 14.2. The summed E-state index contributed by atoms with van der Waals surface area (Å²) in [5.41, 5.74) is 0.781. The van der Waals surface area contributed by atoms with Gasteiger partial charge in [0.25, 0.3) is 0 Å². The van der Waals surface area contributed by atoms with E-state index in [0.717, 1.165) is 12.8 Å². The third-order valence-electron chi connectivity index (χ3n) is 6.81. The van der Waals surface area contributed by atoms with E-state index in [1.807, 2.05) is 0 Å². The van der Waals surface area contributed by atoms with Crippen LogP contribution in [-0.2, 0) is 19.9 Å². The van der Waals surface area contributed by atoms with E-state index in [-0.39, 0.29) is 24.5 Å². The van der Waals surface area contributed by atoms with E-state index < -0.39 is 23.2 Å². The number of nitrogens with one attached hydrogen (secondary N) is 2. The number of carbonyl (C=O) groups excluding carboxylic acids is 3. The first-order valence-electron chi connectivity index (χ1n) is 10.9. The van der Waals surface area contributed by atoms with Crippen LogP contribution >= 0.6 is 0 Å². The molecule has 3 heterocycles. The number of amides is 2. The zero-order valence-corrected chi connectivity index (χ0v) is 17.7. The molecule has 32 heavy (non-hydrogen) atoms. The van der Waals surface area contributed by atoms with Crippen molar-refractivity contribution >= 4 is 29.2 Å². The average Bonchev–Trinajstić information content (AvgIpc) is 3.43. The second kappa shape index (κ2) is 7.70. The van der Waals surface area contributed by atoms with Gasteiger partial charge in [-0.3, -0.25) is 14.5 Å². The summed E-state index contributed by atoms with van der Waals surface area (Å²) in [5, 5.41) is 5.77. The lowest BCUT2D eigenvalue weighted by atomic mass is 9.78. The molecule has 2 saturated heterocycles. The van der Waals surface area contributed by atoms with Crippen LogP contribution in [0.2, 0.25) is 0 Å². The lowest BCUT2D eigenvalue weighted by Crippen LogP contribution is -2.53. The Hall–Kier alpha value is -3.26. The van der Waals surface area contributed by atoms with E-state index in [2.05, 4.69) is 15.5 Å².